The van der Waals surface area contributed by atoms with Gasteiger partial charge in [-0.3, -0.25) is 4.98 Å². The van der Waals surface area contributed by atoms with Gasteiger partial charge in [0.15, 0.2) is 5.84 Å². The first-order valence-electron chi connectivity index (χ1n) is 6.52. The van der Waals surface area contributed by atoms with E-state index in [1.165, 1.54) is 12.1 Å². The Morgan fingerprint density at radius 3 is 2.90 bits per heavy atom. The van der Waals surface area contributed by atoms with Crippen molar-refractivity contribution in [3.05, 3.63) is 65.2 Å². The smallest absolute Gasteiger partial charge is 0.170 e. The number of hydrogen-bond donors (Lipinski definition) is 3. The predicted octanol–water partition coefficient (Wildman–Crippen LogP) is 2.17. The first-order chi connectivity index (χ1) is 10.1. The Bertz CT molecular complexity index is 631. The fourth-order valence-electron chi connectivity index (χ4n) is 1.97. The van der Waals surface area contributed by atoms with Gasteiger partial charge in [-0.15, -0.1) is 0 Å². The van der Waals surface area contributed by atoms with Gasteiger partial charge >= 0.3 is 0 Å². The third-order valence-electron chi connectivity index (χ3n) is 3.10. The Labute approximate surface area is 122 Å². The minimum Gasteiger partial charge on any atom is -0.409 e. The van der Waals surface area contributed by atoms with Crippen LogP contribution in [0.2, 0.25) is 0 Å². The molecule has 2 aromatic rings. The normalized spacial score (nSPS) is 13.1. The molecule has 0 aliphatic rings. The number of oxime groups is 1. The summed E-state index contributed by atoms with van der Waals surface area (Å²) in [7, 11) is 0. The van der Waals surface area contributed by atoms with Gasteiger partial charge in [-0.1, -0.05) is 11.2 Å². The molecule has 4 N–H and O–H groups in total. The van der Waals surface area contributed by atoms with Crippen molar-refractivity contribution in [1.29, 1.82) is 0 Å². The third kappa shape index (κ3) is 4.00. The van der Waals surface area contributed by atoms with E-state index in [1.54, 1.807) is 12.3 Å². The van der Waals surface area contributed by atoms with E-state index in [0.29, 0.717) is 17.7 Å². The molecular formula is C15H17FN4O. The van der Waals surface area contributed by atoms with Crippen LogP contribution in [0.15, 0.2) is 47.8 Å². The van der Waals surface area contributed by atoms with Crippen molar-refractivity contribution < 1.29 is 9.60 Å². The second kappa shape index (κ2) is 6.81. The number of benzene rings is 1. The van der Waals surface area contributed by atoms with Crippen LogP contribution in [-0.2, 0) is 6.54 Å². The monoisotopic (exact) mass is 288 g/mol. The molecule has 6 heteroatoms. The Morgan fingerprint density at radius 2 is 2.24 bits per heavy atom. The summed E-state index contributed by atoms with van der Waals surface area (Å²) >= 11 is 0. The largest absolute Gasteiger partial charge is 0.409 e. The van der Waals surface area contributed by atoms with Gasteiger partial charge in [-0.25, -0.2) is 4.39 Å². The van der Waals surface area contributed by atoms with E-state index in [-0.39, 0.29) is 11.9 Å². The molecule has 1 heterocycles. The highest BCUT2D eigenvalue weighted by atomic mass is 19.1. The van der Waals surface area contributed by atoms with Crippen molar-refractivity contribution in [3.63, 3.8) is 0 Å². The molecule has 0 aliphatic heterocycles. The van der Waals surface area contributed by atoms with Gasteiger partial charge in [0, 0.05) is 24.3 Å². The number of halogens is 1. The average molecular weight is 288 g/mol. The van der Waals surface area contributed by atoms with Crippen LogP contribution in [0.4, 0.5) is 4.39 Å². The van der Waals surface area contributed by atoms with Gasteiger partial charge in [0.25, 0.3) is 0 Å². The van der Waals surface area contributed by atoms with Crippen molar-refractivity contribution in [2.75, 3.05) is 0 Å². The van der Waals surface area contributed by atoms with Gasteiger partial charge in [-0.2, -0.15) is 0 Å². The van der Waals surface area contributed by atoms with Crippen LogP contribution in [-0.4, -0.2) is 16.0 Å². The summed E-state index contributed by atoms with van der Waals surface area (Å²) in [5.41, 5.74) is 7.44. The highest BCUT2D eigenvalue weighted by molar-refractivity contribution is 5.97. The zero-order valence-corrected chi connectivity index (χ0v) is 11.6. The lowest BCUT2D eigenvalue weighted by Crippen LogP contribution is -2.20. The first kappa shape index (κ1) is 14.9. The zero-order valence-electron chi connectivity index (χ0n) is 11.6. The van der Waals surface area contributed by atoms with Gasteiger partial charge in [-0.05, 0) is 42.8 Å². The maximum Gasteiger partial charge on any atom is 0.170 e. The molecule has 0 saturated carbocycles. The summed E-state index contributed by atoms with van der Waals surface area (Å²) in [5.74, 6) is -0.546. The zero-order chi connectivity index (χ0) is 15.2. The maximum atomic E-state index is 13.5. The van der Waals surface area contributed by atoms with Crippen LogP contribution in [0.5, 0.6) is 0 Å². The Morgan fingerprint density at radius 1 is 1.43 bits per heavy atom. The number of hydrogen-bond acceptors (Lipinski definition) is 4. The van der Waals surface area contributed by atoms with Crippen LogP contribution >= 0.6 is 0 Å². The van der Waals surface area contributed by atoms with Crippen LogP contribution in [0.3, 0.4) is 0 Å². The number of aromatic nitrogens is 1. The van der Waals surface area contributed by atoms with Crippen molar-refractivity contribution in [2.45, 2.75) is 19.5 Å². The van der Waals surface area contributed by atoms with E-state index in [2.05, 4.69) is 15.5 Å². The first-order valence-corrected chi connectivity index (χ1v) is 6.52. The van der Waals surface area contributed by atoms with Gasteiger partial charge in [0.05, 0.1) is 5.69 Å². The summed E-state index contributed by atoms with van der Waals surface area (Å²) < 4.78 is 13.5. The van der Waals surface area contributed by atoms with Gasteiger partial charge < -0.3 is 16.3 Å². The summed E-state index contributed by atoms with van der Waals surface area (Å²) in [5, 5.41) is 14.8. The van der Waals surface area contributed by atoms with Crippen molar-refractivity contribution in [1.82, 2.24) is 10.3 Å². The molecule has 0 bridgehead atoms. The van der Waals surface area contributed by atoms with Crippen LogP contribution in [0, 0.1) is 5.82 Å². The lowest BCUT2D eigenvalue weighted by atomic mass is 10.1. The summed E-state index contributed by atoms with van der Waals surface area (Å²) in [6.45, 7) is 2.42. The van der Waals surface area contributed by atoms with Crippen LogP contribution in [0.25, 0.3) is 0 Å². The second-order valence-corrected chi connectivity index (χ2v) is 4.69. The molecule has 0 aliphatic carbocycles. The standard InChI is InChI=1S/C15H17FN4O/c1-10(14-4-2-3-5-18-14)19-9-11-6-12(15(17)20-21)8-13(16)7-11/h2-8,10,19,21H,9H2,1H3,(H2,17,20). The van der Waals surface area contributed by atoms with E-state index in [9.17, 15) is 4.39 Å². The number of rotatable bonds is 5. The van der Waals surface area contributed by atoms with E-state index >= 15 is 0 Å². The third-order valence-corrected chi connectivity index (χ3v) is 3.10. The number of amidine groups is 1. The highest BCUT2D eigenvalue weighted by Gasteiger charge is 2.08. The van der Waals surface area contributed by atoms with Gasteiger partial charge in [0.2, 0.25) is 0 Å². The molecule has 1 atom stereocenters. The lowest BCUT2D eigenvalue weighted by Gasteiger charge is -2.13. The molecule has 0 spiro atoms. The summed E-state index contributed by atoms with van der Waals surface area (Å²) in [4.78, 5) is 4.26. The Kier molecular flexibility index (Phi) is 4.84. The van der Waals surface area contributed by atoms with E-state index < -0.39 is 5.82 Å². The molecule has 110 valence electrons. The molecule has 2 rings (SSSR count). The predicted molar refractivity (Wildman–Crippen MR) is 78.4 cm³/mol. The van der Waals surface area contributed by atoms with E-state index in [1.807, 2.05) is 25.1 Å². The molecule has 0 amide bonds. The number of nitrogens with two attached hydrogens (primary N) is 1. The molecule has 5 nitrogen and oxygen atoms in total. The van der Waals surface area contributed by atoms with E-state index in [4.69, 9.17) is 10.9 Å². The number of nitrogens with zero attached hydrogens (tertiary/aromatic N) is 2. The summed E-state index contributed by atoms with van der Waals surface area (Å²) in [6.07, 6.45) is 1.73. The highest BCUT2D eigenvalue weighted by Crippen LogP contribution is 2.12. The minimum absolute atomic E-state index is 0.0294. The molecular weight excluding hydrogens is 271 g/mol. The molecule has 0 radical (unpaired) electrons. The second-order valence-electron chi connectivity index (χ2n) is 4.69. The van der Waals surface area contributed by atoms with Gasteiger partial charge in [0.1, 0.15) is 5.82 Å². The maximum absolute atomic E-state index is 13.5. The molecule has 1 unspecified atom stereocenters. The minimum atomic E-state index is -0.429. The average Bonchev–Trinajstić information content (AvgIpc) is 2.52. The molecule has 0 saturated heterocycles. The molecule has 1 aromatic carbocycles. The van der Waals surface area contributed by atoms with Crippen LogP contribution in [0.1, 0.15) is 29.8 Å². The molecule has 0 fully saturated rings. The quantitative estimate of drug-likeness (QED) is 0.341. The fourth-order valence-corrected chi connectivity index (χ4v) is 1.97. The van der Waals surface area contributed by atoms with E-state index in [0.717, 1.165) is 5.69 Å². The van der Waals surface area contributed by atoms with Crippen LogP contribution < -0.4 is 11.1 Å². The Hall–Kier alpha value is -2.47. The topological polar surface area (TPSA) is 83.5 Å². The number of nitrogens with one attached hydrogen (secondary N) is 1. The fraction of sp³-hybridized carbons (Fsp3) is 0.200. The SMILES string of the molecule is CC(NCc1cc(F)cc(/C(N)=N/O)c1)c1ccccn1. The summed E-state index contributed by atoms with van der Waals surface area (Å²) in [6, 6.07) is 10.0. The van der Waals surface area contributed by atoms with Crippen molar-refractivity contribution >= 4 is 5.84 Å². The molecule has 21 heavy (non-hydrogen) atoms. The lowest BCUT2D eigenvalue weighted by molar-refractivity contribution is 0.318. The Balaban J connectivity index is 2.08. The number of pyridine rings is 1. The van der Waals surface area contributed by atoms with Crippen molar-refractivity contribution in [2.24, 2.45) is 10.9 Å². The molecule has 1 aromatic heterocycles. The van der Waals surface area contributed by atoms with Crippen molar-refractivity contribution in [3.8, 4) is 0 Å².